The summed E-state index contributed by atoms with van der Waals surface area (Å²) < 4.78 is 13.8. The number of fused-ring (bicyclic) bond motifs is 2. The summed E-state index contributed by atoms with van der Waals surface area (Å²) in [6, 6.07) is 58.4. The van der Waals surface area contributed by atoms with Gasteiger partial charge in [-0.3, -0.25) is 0 Å². The maximum atomic E-state index is 15.2. The van der Waals surface area contributed by atoms with Gasteiger partial charge in [0, 0.05) is 39.8 Å². The number of hydrogen-bond acceptors (Lipinski definition) is 8. The molecule has 0 spiro atoms. The fraction of sp³-hybridized carbons (Fsp3) is 0.292. The van der Waals surface area contributed by atoms with Crippen LogP contribution in [0.2, 0.25) is 0 Å². The topological polar surface area (TPSA) is 99.5 Å². The summed E-state index contributed by atoms with van der Waals surface area (Å²) in [5, 5.41) is 28.1. The van der Waals surface area contributed by atoms with Crippen molar-refractivity contribution in [1.82, 2.24) is 9.80 Å². The molecule has 2 saturated heterocycles. The minimum atomic E-state index is -1.17. The van der Waals surface area contributed by atoms with Gasteiger partial charge in [-0.05, 0) is 124 Å². The summed E-state index contributed by atoms with van der Waals surface area (Å²) in [5.74, 6) is -1.83. The molecule has 0 bridgehead atoms. The van der Waals surface area contributed by atoms with E-state index in [-0.39, 0.29) is 29.0 Å². The molecule has 2 fully saturated rings. The van der Waals surface area contributed by atoms with Gasteiger partial charge in [-0.15, -0.1) is 0 Å². The molecule has 0 amide bonds. The lowest BCUT2D eigenvalue weighted by Crippen LogP contribution is -2.36. The van der Waals surface area contributed by atoms with Crippen molar-refractivity contribution in [3.63, 3.8) is 0 Å². The molecule has 10 rings (SSSR count). The van der Waals surface area contributed by atoms with Crippen molar-refractivity contribution in [2.24, 2.45) is 0 Å². The van der Waals surface area contributed by atoms with Crippen molar-refractivity contribution >= 4 is 33.5 Å². The van der Waals surface area contributed by atoms with Crippen LogP contribution in [0.25, 0.3) is 21.5 Å². The summed E-state index contributed by atoms with van der Waals surface area (Å²) >= 11 is 0. The number of esters is 2. The SMILES string of the molecule is O=C(OC(CCCN1CCCCC1)(c1ccccc1)c1ccccc1)c1cc2ccccc2c(Cc2c(O)c(C(=O)OC(CCCN3CCCCC3)(c3ccccc3)c3ccccc3)cc3ccccc23)c1O. The summed E-state index contributed by atoms with van der Waals surface area (Å²) in [6.45, 7) is 6.01. The molecular weight excluding hydrogens is 905 g/mol. The summed E-state index contributed by atoms with van der Waals surface area (Å²) in [5.41, 5.74) is 1.93. The number of rotatable bonds is 18. The van der Waals surface area contributed by atoms with Crippen molar-refractivity contribution in [3.8, 4) is 11.5 Å². The van der Waals surface area contributed by atoms with Gasteiger partial charge in [0.05, 0.1) is 0 Å². The molecule has 372 valence electrons. The van der Waals surface area contributed by atoms with Gasteiger partial charge < -0.3 is 29.5 Å². The second-order valence-electron chi connectivity index (χ2n) is 20.0. The van der Waals surface area contributed by atoms with Gasteiger partial charge in [0.1, 0.15) is 22.6 Å². The number of carbonyl (C=O) groups is 2. The lowest BCUT2D eigenvalue weighted by molar-refractivity contribution is -0.00851. The highest BCUT2D eigenvalue weighted by molar-refractivity contribution is 6.03. The van der Waals surface area contributed by atoms with Crippen LogP contribution in [-0.4, -0.2) is 71.2 Å². The highest BCUT2D eigenvalue weighted by atomic mass is 16.6. The third-order valence-corrected chi connectivity index (χ3v) is 15.4. The van der Waals surface area contributed by atoms with Gasteiger partial charge >= 0.3 is 11.9 Å². The number of likely N-dealkylation sites (tertiary alicyclic amines) is 2. The molecule has 2 N–H and O–H groups in total. The molecule has 0 aliphatic carbocycles. The van der Waals surface area contributed by atoms with Crippen LogP contribution in [0.1, 0.15) is 118 Å². The van der Waals surface area contributed by atoms with Gasteiger partial charge in [-0.2, -0.15) is 0 Å². The molecule has 2 aliphatic heterocycles. The second kappa shape index (κ2) is 22.7. The number of hydrogen-bond donors (Lipinski definition) is 2. The first kappa shape index (κ1) is 49.3. The Bertz CT molecular complexity index is 2840. The molecule has 8 aromatic rings. The van der Waals surface area contributed by atoms with E-state index < -0.39 is 23.1 Å². The largest absolute Gasteiger partial charge is 0.507 e. The van der Waals surface area contributed by atoms with Crippen LogP contribution in [0.15, 0.2) is 182 Å². The van der Waals surface area contributed by atoms with E-state index in [0.717, 1.165) is 85.1 Å². The number of piperidine rings is 2. The number of phenolic OH excluding ortho intramolecular Hbond substituents is 2. The molecule has 0 aromatic heterocycles. The molecule has 73 heavy (non-hydrogen) atoms. The van der Waals surface area contributed by atoms with Crippen molar-refractivity contribution in [1.29, 1.82) is 0 Å². The zero-order valence-corrected chi connectivity index (χ0v) is 41.8. The molecule has 0 atom stereocenters. The van der Waals surface area contributed by atoms with Crippen LogP contribution in [0.5, 0.6) is 11.5 Å². The molecule has 8 nitrogen and oxygen atoms in total. The van der Waals surface area contributed by atoms with Crippen molar-refractivity contribution in [2.45, 2.75) is 81.8 Å². The Labute approximate surface area is 429 Å². The second-order valence-corrected chi connectivity index (χ2v) is 20.0. The molecule has 0 saturated carbocycles. The molecule has 8 aromatic carbocycles. The van der Waals surface area contributed by atoms with Gasteiger partial charge in [-0.25, -0.2) is 9.59 Å². The van der Waals surface area contributed by atoms with Crippen LogP contribution in [0.3, 0.4) is 0 Å². The van der Waals surface area contributed by atoms with E-state index in [1.54, 1.807) is 12.1 Å². The number of benzene rings is 8. The van der Waals surface area contributed by atoms with Crippen LogP contribution >= 0.6 is 0 Å². The smallest absolute Gasteiger partial charge is 0.343 e. The molecular formula is C65H66N2O6. The van der Waals surface area contributed by atoms with E-state index in [1.807, 2.05) is 170 Å². The van der Waals surface area contributed by atoms with E-state index in [2.05, 4.69) is 9.80 Å². The predicted molar refractivity (Wildman–Crippen MR) is 291 cm³/mol. The van der Waals surface area contributed by atoms with Gasteiger partial charge in [0.2, 0.25) is 0 Å². The monoisotopic (exact) mass is 970 g/mol. The lowest BCUT2D eigenvalue weighted by atomic mass is 9.82. The van der Waals surface area contributed by atoms with Gasteiger partial charge in [0.25, 0.3) is 0 Å². The van der Waals surface area contributed by atoms with E-state index in [9.17, 15) is 10.2 Å². The minimum Gasteiger partial charge on any atom is -0.507 e. The Hall–Kier alpha value is -7.26. The number of phenols is 2. The number of ether oxygens (including phenoxy) is 2. The van der Waals surface area contributed by atoms with Crippen molar-refractivity contribution < 1.29 is 29.3 Å². The Morgan fingerprint density at radius 1 is 0.425 bits per heavy atom. The lowest BCUT2D eigenvalue weighted by Gasteiger charge is -2.36. The van der Waals surface area contributed by atoms with Crippen molar-refractivity contribution in [2.75, 3.05) is 39.3 Å². The predicted octanol–water partition coefficient (Wildman–Crippen LogP) is 13.7. The third kappa shape index (κ3) is 10.6. The zero-order chi connectivity index (χ0) is 50.0. The summed E-state index contributed by atoms with van der Waals surface area (Å²) in [7, 11) is 0. The molecule has 8 heteroatoms. The first-order valence-electron chi connectivity index (χ1n) is 26.4. The number of carbonyl (C=O) groups excluding carboxylic acids is 2. The highest BCUT2D eigenvalue weighted by Crippen LogP contribution is 2.45. The quantitative estimate of drug-likeness (QED) is 0.0821. The normalized spacial score (nSPS) is 14.8. The molecule has 2 heterocycles. The molecule has 0 radical (unpaired) electrons. The van der Waals surface area contributed by atoms with E-state index in [1.165, 1.54) is 38.5 Å². The maximum Gasteiger partial charge on any atom is 0.343 e. The number of nitrogens with zero attached hydrogens (tertiary/aromatic N) is 2. The average molecular weight is 971 g/mol. The van der Waals surface area contributed by atoms with Crippen LogP contribution in [-0.2, 0) is 27.1 Å². The molecule has 2 aliphatic rings. The van der Waals surface area contributed by atoms with Crippen LogP contribution < -0.4 is 0 Å². The van der Waals surface area contributed by atoms with E-state index in [0.29, 0.717) is 34.7 Å². The highest BCUT2D eigenvalue weighted by Gasteiger charge is 2.41. The van der Waals surface area contributed by atoms with Gasteiger partial charge in [-0.1, -0.05) is 183 Å². The number of aromatic hydroxyl groups is 2. The third-order valence-electron chi connectivity index (χ3n) is 15.4. The zero-order valence-electron chi connectivity index (χ0n) is 41.8. The Morgan fingerprint density at radius 3 is 1.08 bits per heavy atom. The van der Waals surface area contributed by atoms with E-state index >= 15 is 9.59 Å². The maximum absolute atomic E-state index is 15.2. The van der Waals surface area contributed by atoms with Gasteiger partial charge in [0.15, 0.2) is 11.2 Å². The van der Waals surface area contributed by atoms with Crippen LogP contribution in [0.4, 0.5) is 0 Å². The minimum absolute atomic E-state index is 0.0142. The summed E-state index contributed by atoms with van der Waals surface area (Å²) in [6.07, 6.45) is 9.86. The molecule has 0 unspecified atom stereocenters. The Kier molecular flexibility index (Phi) is 15.3. The Morgan fingerprint density at radius 2 is 0.740 bits per heavy atom. The standard InChI is InChI=1S/C65H66N2O6/c68-60-56(54-35-17-15-25-48(54)45-58(60)62(70)72-64(50-27-7-1-8-28-50,51-29-9-2-10-30-51)37-23-43-66-39-19-5-20-40-66)47-57-55-36-18-16-26-49(55)46-59(61(57)69)63(71)73-65(52-31-11-3-12-32-52,53-33-13-4-14-34-53)38-24-44-67-41-21-6-22-42-67/h1-4,7-18,25-36,45-46,68-69H,5-6,19-24,37-44,47H2. The average Bonchev–Trinajstić information content (AvgIpc) is 3.45. The summed E-state index contributed by atoms with van der Waals surface area (Å²) in [4.78, 5) is 35.4. The fourth-order valence-corrected chi connectivity index (χ4v) is 11.6. The van der Waals surface area contributed by atoms with Crippen LogP contribution in [0, 0.1) is 0 Å². The Balaban J connectivity index is 1.04. The first-order valence-corrected chi connectivity index (χ1v) is 26.4. The first-order chi connectivity index (χ1) is 35.8. The fourth-order valence-electron chi connectivity index (χ4n) is 11.6. The van der Waals surface area contributed by atoms with E-state index in [4.69, 9.17) is 9.47 Å². The van der Waals surface area contributed by atoms with Crippen molar-refractivity contribution in [3.05, 3.63) is 226 Å².